The van der Waals surface area contributed by atoms with Crippen LogP contribution in [0.4, 0.5) is 0 Å². The van der Waals surface area contributed by atoms with Gasteiger partial charge in [0.25, 0.3) is 0 Å². The molecule has 2 aromatic carbocycles. The molecule has 0 aliphatic rings. The molecule has 0 bridgehead atoms. The topological polar surface area (TPSA) is 40.6 Å². The summed E-state index contributed by atoms with van der Waals surface area (Å²) in [5, 5.41) is 2.95. The maximum absolute atomic E-state index is 5.73. The van der Waals surface area contributed by atoms with Gasteiger partial charge in [-0.25, -0.2) is 4.98 Å². The monoisotopic (exact) mass is 327 g/mol. The zero-order valence-electron chi connectivity index (χ0n) is 13.0. The number of thiazole rings is 1. The molecule has 0 amide bonds. The van der Waals surface area contributed by atoms with Crippen LogP contribution in [0.5, 0.6) is 17.2 Å². The normalized spacial score (nSPS) is 10.3. The van der Waals surface area contributed by atoms with Crippen LogP contribution in [0, 0.1) is 0 Å². The second kappa shape index (κ2) is 7.15. The zero-order chi connectivity index (χ0) is 16.1. The summed E-state index contributed by atoms with van der Waals surface area (Å²) in [7, 11) is 3.25. The fraction of sp³-hybridized carbons (Fsp3) is 0.167. The lowest BCUT2D eigenvalue weighted by molar-refractivity contribution is 0.305. The molecule has 0 N–H and O–H groups in total. The van der Waals surface area contributed by atoms with Crippen LogP contribution in [-0.2, 0) is 6.61 Å². The summed E-state index contributed by atoms with van der Waals surface area (Å²) >= 11 is 1.58. The van der Waals surface area contributed by atoms with Crippen molar-refractivity contribution in [3.63, 3.8) is 0 Å². The Morgan fingerprint density at radius 1 is 0.957 bits per heavy atom. The number of hydrogen-bond donors (Lipinski definition) is 0. The Hall–Kier alpha value is -2.53. The molecule has 0 radical (unpaired) electrons. The van der Waals surface area contributed by atoms with Gasteiger partial charge in [-0.1, -0.05) is 18.2 Å². The summed E-state index contributed by atoms with van der Waals surface area (Å²) in [6.07, 6.45) is 0. The zero-order valence-corrected chi connectivity index (χ0v) is 13.8. The van der Waals surface area contributed by atoms with Gasteiger partial charge in [0.1, 0.15) is 17.4 Å². The number of aromatic nitrogens is 1. The van der Waals surface area contributed by atoms with Crippen LogP contribution >= 0.6 is 11.3 Å². The third-order valence-electron chi connectivity index (χ3n) is 3.34. The summed E-state index contributed by atoms with van der Waals surface area (Å²) < 4.78 is 16.3. The molecular formula is C18H17NO3S. The van der Waals surface area contributed by atoms with E-state index in [0.29, 0.717) is 18.1 Å². The smallest absolute Gasteiger partial charge is 0.161 e. The molecular weight excluding hydrogens is 310 g/mol. The lowest BCUT2D eigenvalue weighted by Crippen LogP contribution is -1.94. The minimum atomic E-state index is 0.460. The predicted molar refractivity (Wildman–Crippen MR) is 91.4 cm³/mol. The maximum atomic E-state index is 5.73. The van der Waals surface area contributed by atoms with E-state index in [1.165, 1.54) is 0 Å². The summed E-state index contributed by atoms with van der Waals surface area (Å²) in [4.78, 5) is 4.62. The van der Waals surface area contributed by atoms with Crippen molar-refractivity contribution in [1.82, 2.24) is 4.98 Å². The molecule has 5 heteroatoms. The van der Waals surface area contributed by atoms with E-state index in [0.717, 1.165) is 22.0 Å². The van der Waals surface area contributed by atoms with Crippen molar-refractivity contribution in [1.29, 1.82) is 0 Å². The average molecular weight is 327 g/mol. The number of methoxy groups -OCH3 is 2. The third-order valence-corrected chi connectivity index (χ3v) is 4.16. The van der Waals surface area contributed by atoms with Crippen LogP contribution in [0.2, 0.25) is 0 Å². The fourth-order valence-corrected chi connectivity index (χ4v) is 2.88. The molecule has 0 atom stereocenters. The Kier molecular flexibility index (Phi) is 4.78. The van der Waals surface area contributed by atoms with E-state index in [-0.39, 0.29) is 0 Å². The molecule has 0 aliphatic heterocycles. The van der Waals surface area contributed by atoms with Crippen LogP contribution in [-0.4, -0.2) is 19.2 Å². The number of hydrogen-bond acceptors (Lipinski definition) is 5. The highest BCUT2D eigenvalue weighted by atomic mass is 32.1. The van der Waals surface area contributed by atoms with Gasteiger partial charge >= 0.3 is 0 Å². The Morgan fingerprint density at radius 2 is 1.74 bits per heavy atom. The SMILES string of the molecule is COc1ccc(-c2csc(COc3ccccc3)n2)cc1OC. The van der Waals surface area contributed by atoms with Crippen molar-refractivity contribution in [2.45, 2.75) is 6.61 Å². The van der Waals surface area contributed by atoms with E-state index in [9.17, 15) is 0 Å². The molecule has 0 aliphatic carbocycles. The molecule has 3 rings (SSSR count). The number of para-hydroxylation sites is 1. The first-order valence-electron chi connectivity index (χ1n) is 7.15. The van der Waals surface area contributed by atoms with E-state index in [1.54, 1.807) is 25.6 Å². The molecule has 1 heterocycles. The highest BCUT2D eigenvalue weighted by Crippen LogP contribution is 2.32. The van der Waals surface area contributed by atoms with E-state index in [2.05, 4.69) is 4.98 Å². The summed E-state index contributed by atoms with van der Waals surface area (Å²) in [5.74, 6) is 2.24. The Labute approximate surface area is 139 Å². The molecule has 118 valence electrons. The van der Waals surface area contributed by atoms with Gasteiger partial charge in [0, 0.05) is 10.9 Å². The van der Waals surface area contributed by atoms with Crippen molar-refractivity contribution in [2.24, 2.45) is 0 Å². The van der Waals surface area contributed by atoms with Crippen LogP contribution in [0.3, 0.4) is 0 Å². The molecule has 0 saturated heterocycles. The largest absolute Gasteiger partial charge is 0.493 e. The van der Waals surface area contributed by atoms with Crippen molar-refractivity contribution < 1.29 is 14.2 Å². The van der Waals surface area contributed by atoms with Crippen molar-refractivity contribution in [3.05, 3.63) is 58.9 Å². The number of nitrogens with zero attached hydrogens (tertiary/aromatic N) is 1. The lowest BCUT2D eigenvalue weighted by atomic mass is 10.1. The van der Waals surface area contributed by atoms with Crippen molar-refractivity contribution in [3.8, 4) is 28.5 Å². The Balaban J connectivity index is 1.74. The molecule has 0 fully saturated rings. The first kappa shape index (κ1) is 15.4. The fourth-order valence-electron chi connectivity index (χ4n) is 2.17. The number of benzene rings is 2. The second-order valence-electron chi connectivity index (χ2n) is 4.80. The number of rotatable bonds is 6. The van der Waals surface area contributed by atoms with Gasteiger partial charge in [-0.3, -0.25) is 0 Å². The van der Waals surface area contributed by atoms with Crippen LogP contribution in [0.15, 0.2) is 53.9 Å². The molecule has 1 aromatic heterocycles. The van der Waals surface area contributed by atoms with Crippen LogP contribution < -0.4 is 14.2 Å². The van der Waals surface area contributed by atoms with Crippen LogP contribution in [0.25, 0.3) is 11.3 Å². The highest BCUT2D eigenvalue weighted by molar-refractivity contribution is 7.09. The first-order chi connectivity index (χ1) is 11.3. The van der Waals surface area contributed by atoms with Gasteiger partial charge in [0.15, 0.2) is 11.5 Å². The molecule has 3 aromatic rings. The molecule has 0 saturated carbocycles. The quantitative estimate of drug-likeness (QED) is 0.672. The summed E-state index contributed by atoms with van der Waals surface area (Å²) in [6.45, 7) is 0.460. The van der Waals surface area contributed by atoms with Gasteiger partial charge in [0.2, 0.25) is 0 Å². The van der Waals surface area contributed by atoms with Gasteiger partial charge < -0.3 is 14.2 Å². The van der Waals surface area contributed by atoms with E-state index < -0.39 is 0 Å². The summed E-state index contributed by atoms with van der Waals surface area (Å²) in [5.41, 5.74) is 1.90. The molecule has 23 heavy (non-hydrogen) atoms. The predicted octanol–water partition coefficient (Wildman–Crippen LogP) is 4.41. The summed E-state index contributed by atoms with van der Waals surface area (Å²) in [6, 6.07) is 15.5. The van der Waals surface area contributed by atoms with Crippen molar-refractivity contribution in [2.75, 3.05) is 14.2 Å². The standard InChI is InChI=1S/C18H17NO3S/c1-20-16-9-8-13(10-17(16)21-2)15-12-23-18(19-15)11-22-14-6-4-3-5-7-14/h3-10,12H,11H2,1-2H3. The van der Waals surface area contributed by atoms with Gasteiger partial charge in [-0.15, -0.1) is 11.3 Å². The van der Waals surface area contributed by atoms with Crippen molar-refractivity contribution >= 4 is 11.3 Å². The minimum Gasteiger partial charge on any atom is -0.493 e. The second-order valence-corrected chi connectivity index (χ2v) is 5.74. The minimum absolute atomic E-state index is 0.460. The van der Waals surface area contributed by atoms with Crippen LogP contribution in [0.1, 0.15) is 5.01 Å². The number of ether oxygens (including phenoxy) is 3. The molecule has 0 spiro atoms. The van der Waals surface area contributed by atoms with E-state index in [1.807, 2.05) is 53.9 Å². The van der Waals surface area contributed by atoms with E-state index >= 15 is 0 Å². The highest BCUT2D eigenvalue weighted by Gasteiger charge is 2.09. The average Bonchev–Trinajstić information content (AvgIpc) is 3.09. The van der Waals surface area contributed by atoms with Gasteiger partial charge in [-0.2, -0.15) is 0 Å². The van der Waals surface area contributed by atoms with Gasteiger partial charge in [-0.05, 0) is 30.3 Å². The van der Waals surface area contributed by atoms with E-state index in [4.69, 9.17) is 14.2 Å². The molecule has 4 nitrogen and oxygen atoms in total. The lowest BCUT2D eigenvalue weighted by Gasteiger charge is -2.08. The third kappa shape index (κ3) is 3.63. The Morgan fingerprint density at radius 3 is 2.48 bits per heavy atom. The Bertz CT molecular complexity index is 771. The molecule has 0 unspecified atom stereocenters. The maximum Gasteiger partial charge on any atom is 0.161 e. The first-order valence-corrected chi connectivity index (χ1v) is 8.03. The van der Waals surface area contributed by atoms with Gasteiger partial charge in [0.05, 0.1) is 19.9 Å².